The van der Waals surface area contributed by atoms with Crippen LogP contribution in [0.5, 0.6) is 0 Å². The van der Waals surface area contributed by atoms with Crippen LogP contribution >= 0.6 is 0 Å². The van der Waals surface area contributed by atoms with Gasteiger partial charge < -0.3 is 0 Å². The number of aromatic nitrogens is 2. The first kappa shape index (κ1) is 10.8. The van der Waals surface area contributed by atoms with E-state index in [9.17, 15) is 4.39 Å². The molecule has 0 aliphatic rings. The Balaban J connectivity index is 1.98. The molecule has 2 nitrogen and oxygen atoms in total. The molecule has 18 heavy (non-hydrogen) atoms. The van der Waals surface area contributed by atoms with Crippen LogP contribution in [-0.2, 0) is 6.42 Å². The largest absolute Gasteiger partial charge is 0.264 e. The molecule has 3 heteroatoms. The van der Waals surface area contributed by atoms with E-state index >= 15 is 0 Å². The van der Waals surface area contributed by atoms with Crippen LogP contribution in [0.2, 0.25) is 0 Å². The highest BCUT2D eigenvalue weighted by Gasteiger charge is 2.01. The first-order valence-electron chi connectivity index (χ1n) is 5.67. The lowest BCUT2D eigenvalue weighted by Gasteiger charge is -2.02. The summed E-state index contributed by atoms with van der Waals surface area (Å²) < 4.78 is 13.1. The maximum atomic E-state index is 13.1. The number of halogens is 1. The van der Waals surface area contributed by atoms with Gasteiger partial charge in [-0.15, -0.1) is 0 Å². The summed E-state index contributed by atoms with van der Waals surface area (Å²) in [6.45, 7) is 0. The topological polar surface area (TPSA) is 25.8 Å². The lowest BCUT2D eigenvalue weighted by atomic mass is 10.1. The highest BCUT2D eigenvalue weighted by Crippen LogP contribution is 2.16. The Hall–Kier alpha value is -2.29. The molecule has 0 N–H and O–H groups in total. The Morgan fingerprint density at radius 2 is 2.11 bits per heavy atom. The Labute approximate surface area is 104 Å². The van der Waals surface area contributed by atoms with Gasteiger partial charge in [-0.05, 0) is 41.5 Å². The molecule has 0 saturated carbocycles. The Morgan fingerprint density at radius 1 is 1.17 bits per heavy atom. The van der Waals surface area contributed by atoms with Crippen LogP contribution in [0.3, 0.4) is 0 Å². The minimum absolute atomic E-state index is 0.247. The normalized spacial score (nSPS) is 10.7. The van der Waals surface area contributed by atoms with Gasteiger partial charge in [0.25, 0.3) is 0 Å². The maximum absolute atomic E-state index is 13.1. The minimum Gasteiger partial charge on any atom is -0.264 e. The number of benzene rings is 1. The van der Waals surface area contributed by atoms with Crippen molar-refractivity contribution in [2.45, 2.75) is 6.42 Å². The predicted octanol–water partition coefficient (Wildman–Crippen LogP) is 3.16. The van der Waals surface area contributed by atoms with E-state index in [2.05, 4.69) is 16.2 Å². The molecule has 1 radical (unpaired) electrons. The third kappa shape index (κ3) is 2.20. The summed E-state index contributed by atoms with van der Waals surface area (Å²) in [7, 11) is 0. The van der Waals surface area contributed by atoms with Gasteiger partial charge in [-0.2, -0.15) is 0 Å². The summed E-state index contributed by atoms with van der Waals surface area (Å²) >= 11 is 0. The molecule has 0 atom stereocenters. The molecule has 2 aromatic heterocycles. The molecule has 87 valence electrons. The number of pyridine rings is 2. The molecule has 1 aromatic carbocycles. The van der Waals surface area contributed by atoms with Crippen molar-refractivity contribution in [2.24, 2.45) is 0 Å². The standard InChI is InChI=1S/C15H10FN2/c16-14-3-4-15-13(8-14)7-12(10-18-15)6-11-2-1-5-17-9-11/h1-5,7-9H,6H2. The van der Waals surface area contributed by atoms with Crippen molar-refractivity contribution in [3.63, 3.8) is 0 Å². The molecule has 2 heterocycles. The number of rotatable bonds is 2. The van der Waals surface area contributed by atoms with Gasteiger partial charge in [0.2, 0.25) is 0 Å². The third-order valence-corrected chi connectivity index (χ3v) is 2.76. The van der Waals surface area contributed by atoms with Crippen LogP contribution in [0.1, 0.15) is 11.1 Å². The van der Waals surface area contributed by atoms with Gasteiger partial charge >= 0.3 is 0 Å². The van der Waals surface area contributed by atoms with E-state index in [-0.39, 0.29) is 5.82 Å². The Morgan fingerprint density at radius 3 is 2.94 bits per heavy atom. The zero-order chi connectivity index (χ0) is 12.4. The fourth-order valence-electron chi connectivity index (χ4n) is 1.91. The average Bonchev–Trinajstić information content (AvgIpc) is 2.39. The van der Waals surface area contributed by atoms with Crippen molar-refractivity contribution >= 4 is 10.9 Å². The number of fused-ring (bicyclic) bond motifs is 1. The highest BCUT2D eigenvalue weighted by molar-refractivity contribution is 5.78. The van der Waals surface area contributed by atoms with Crippen molar-refractivity contribution in [1.82, 2.24) is 9.97 Å². The summed E-state index contributed by atoms with van der Waals surface area (Å²) in [5.74, 6) is -0.247. The lowest BCUT2D eigenvalue weighted by molar-refractivity contribution is 0.629. The van der Waals surface area contributed by atoms with E-state index < -0.39 is 0 Å². The molecule has 3 aromatic rings. The summed E-state index contributed by atoms with van der Waals surface area (Å²) in [6, 6.07) is 10.4. The second-order valence-electron chi connectivity index (χ2n) is 4.13. The van der Waals surface area contributed by atoms with E-state index in [1.165, 1.54) is 12.1 Å². The molecular weight excluding hydrogens is 227 g/mol. The van der Waals surface area contributed by atoms with E-state index in [0.29, 0.717) is 6.42 Å². The molecular formula is C15H10FN2. The van der Waals surface area contributed by atoms with Crippen LogP contribution < -0.4 is 0 Å². The van der Waals surface area contributed by atoms with Crippen molar-refractivity contribution in [2.75, 3.05) is 0 Å². The maximum Gasteiger partial charge on any atom is 0.123 e. The van der Waals surface area contributed by atoms with E-state index in [1.807, 2.05) is 24.4 Å². The van der Waals surface area contributed by atoms with Gasteiger partial charge in [-0.25, -0.2) is 9.37 Å². The number of hydrogen-bond donors (Lipinski definition) is 0. The van der Waals surface area contributed by atoms with E-state index in [1.54, 1.807) is 12.3 Å². The second-order valence-corrected chi connectivity index (χ2v) is 4.13. The molecule has 0 unspecified atom stereocenters. The van der Waals surface area contributed by atoms with Gasteiger partial charge in [-0.3, -0.25) is 4.98 Å². The van der Waals surface area contributed by atoms with Crippen molar-refractivity contribution < 1.29 is 4.39 Å². The molecule has 0 bridgehead atoms. The molecule has 0 fully saturated rings. The number of hydrogen-bond acceptors (Lipinski definition) is 2. The van der Waals surface area contributed by atoms with Crippen LogP contribution in [-0.4, -0.2) is 9.97 Å². The van der Waals surface area contributed by atoms with Gasteiger partial charge in [0, 0.05) is 24.2 Å². The Kier molecular flexibility index (Phi) is 2.73. The molecule has 0 aliphatic carbocycles. The first-order chi connectivity index (χ1) is 8.81. The van der Waals surface area contributed by atoms with Gasteiger partial charge in [-0.1, -0.05) is 6.07 Å². The van der Waals surface area contributed by atoms with Crippen molar-refractivity contribution in [3.8, 4) is 0 Å². The fourth-order valence-corrected chi connectivity index (χ4v) is 1.91. The van der Waals surface area contributed by atoms with Crippen LogP contribution in [0.25, 0.3) is 10.9 Å². The lowest BCUT2D eigenvalue weighted by Crippen LogP contribution is -1.91. The van der Waals surface area contributed by atoms with Crippen molar-refractivity contribution in [1.29, 1.82) is 0 Å². The average molecular weight is 237 g/mol. The van der Waals surface area contributed by atoms with Crippen molar-refractivity contribution in [3.05, 3.63) is 71.9 Å². The SMILES string of the molecule is Fc1ccc2n[c]c(Cc3cccnc3)cc2c1. The second kappa shape index (κ2) is 4.53. The molecule has 0 saturated heterocycles. The molecule has 3 rings (SSSR count). The zero-order valence-electron chi connectivity index (χ0n) is 9.60. The summed E-state index contributed by atoms with van der Waals surface area (Å²) in [5.41, 5.74) is 2.78. The van der Waals surface area contributed by atoms with E-state index in [4.69, 9.17) is 0 Å². The minimum atomic E-state index is -0.247. The summed E-state index contributed by atoms with van der Waals surface area (Å²) in [4.78, 5) is 8.27. The van der Waals surface area contributed by atoms with Gasteiger partial charge in [0.15, 0.2) is 0 Å². The zero-order valence-corrected chi connectivity index (χ0v) is 9.60. The molecule has 0 spiro atoms. The van der Waals surface area contributed by atoms with Gasteiger partial charge in [0.05, 0.1) is 11.7 Å². The fraction of sp³-hybridized carbons (Fsp3) is 0.0667. The quantitative estimate of drug-likeness (QED) is 0.684. The van der Waals surface area contributed by atoms with E-state index in [0.717, 1.165) is 22.0 Å². The van der Waals surface area contributed by atoms with Crippen LogP contribution in [0, 0.1) is 12.0 Å². The van der Waals surface area contributed by atoms with Gasteiger partial charge in [0.1, 0.15) is 5.82 Å². The van der Waals surface area contributed by atoms with Crippen LogP contribution in [0.4, 0.5) is 4.39 Å². The highest BCUT2D eigenvalue weighted by atomic mass is 19.1. The van der Waals surface area contributed by atoms with Crippen LogP contribution in [0.15, 0.2) is 48.8 Å². The predicted molar refractivity (Wildman–Crippen MR) is 67.6 cm³/mol. The first-order valence-corrected chi connectivity index (χ1v) is 5.67. The summed E-state index contributed by atoms with van der Waals surface area (Å²) in [5, 5.41) is 0.799. The third-order valence-electron chi connectivity index (χ3n) is 2.76. The molecule has 0 aliphatic heterocycles. The summed E-state index contributed by atoms with van der Waals surface area (Å²) in [6.07, 6.45) is 7.23. The Bertz CT molecular complexity index is 680. The smallest absolute Gasteiger partial charge is 0.123 e. The molecule has 0 amide bonds. The monoisotopic (exact) mass is 237 g/mol. The number of nitrogens with zero attached hydrogens (tertiary/aromatic N) is 2.